The Kier molecular flexibility index (Phi) is 3.83. The normalized spacial score (nSPS) is 14.9. The van der Waals surface area contributed by atoms with E-state index in [1.165, 1.54) is 12.2 Å². The maximum Gasteiger partial charge on any atom is 0.178 e. The number of fused-ring (bicyclic) bond motifs is 3. The first kappa shape index (κ1) is 15.2. The first-order chi connectivity index (χ1) is 11.2. The molecular weight excluding hydrogens is 284 g/mol. The zero-order chi connectivity index (χ0) is 16.4. The molecule has 1 aliphatic carbocycles. The fourth-order valence-corrected chi connectivity index (χ4v) is 3.44. The number of carbonyl (C=O) groups is 2. The number of allylic oxidation sites excluding steroid dienone is 4. The molecule has 0 saturated carbocycles. The Bertz CT molecular complexity index is 769. The number of ketones is 2. The molecule has 0 atom stereocenters. The van der Waals surface area contributed by atoms with Crippen molar-refractivity contribution in [3.8, 4) is 11.1 Å². The van der Waals surface area contributed by atoms with Crippen LogP contribution in [0.3, 0.4) is 0 Å². The second kappa shape index (κ2) is 5.81. The van der Waals surface area contributed by atoms with Gasteiger partial charge in [0.05, 0.1) is 0 Å². The molecule has 0 N–H and O–H groups in total. The van der Waals surface area contributed by atoms with Gasteiger partial charge in [-0.15, -0.1) is 0 Å². The first-order valence-electron chi connectivity index (χ1n) is 7.71. The summed E-state index contributed by atoms with van der Waals surface area (Å²) in [4.78, 5) is 26.1. The number of rotatable bonds is 4. The van der Waals surface area contributed by atoms with Gasteiger partial charge in [0.2, 0.25) is 0 Å². The van der Waals surface area contributed by atoms with Crippen molar-refractivity contribution in [1.29, 1.82) is 0 Å². The molecule has 114 valence electrons. The Morgan fingerprint density at radius 2 is 1.13 bits per heavy atom. The highest BCUT2D eigenvalue weighted by molar-refractivity contribution is 6.26. The minimum absolute atomic E-state index is 0.194. The van der Waals surface area contributed by atoms with Crippen LogP contribution >= 0.6 is 0 Å². The third-order valence-corrected chi connectivity index (χ3v) is 4.33. The lowest BCUT2D eigenvalue weighted by Gasteiger charge is -2.26. The smallest absolute Gasteiger partial charge is 0.178 e. The lowest BCUT2D eigenvalue weighted by Crippen LogP contribution is -2.41. The quantitative estimate of drug-likeness (QED) is 0.625. The monoisotopic (exact) mass is 302 g/mol. The summed E-state index contributed by atoms with van der Waals surface area (Å²) in [5.74, 6) is -0.388. The Morgan fingerprint density at radius 3 is 1.52 bits per heavy atom. The largest absolute Gasteiger partial charge is 0.293 e. The van der Waals surface area contributed by atoms with Crippen molar-refractivity contribution >= 4 is 11.6 Å². The van der Waals surface area contributed by atoms with Crippen LogP contribution in [0.25, 0.3) is 11.1 Å². The van der Waals surface area contributed by atoms with Crippen LogP contribution in [0, 0.1) is 0 Å². The van der Waals surface area contributed by atoms with Gasteiger partial charge < -0.3 is 0 Å². The van der Waals surface area contributed by atoms with Crippen molar-refractivity contribution in [2.75, 3.05) is 0 Å². The molecule has 0 spiro atoms. The molecule has 2 aromatic rings. The molecule has 2 heteroatoms. The molecule has 0 aliphatic heterocycles. The van der Waals surface area contributed by atoms with Crippen molar-refractivity contribution in [2.24, 2.45) is 0 Å². The maximum absolute atomic E-state index is 13.1. The molecule has 2 nitrogen and oxygen atoms in total. The average Bonchev–Trinajstić information content (AvgIpc) is 2.87. The van der Waals surface area contributed by atoms with Gasteiger partial charge in [0.15, 0.2) is 11.6 Å². The van der Waals surface area contributed by atoms with Crippen LogP contribution in [0.4, 0.5) is 0 Å². The summed E-state index contributed by atoms with van der Waals surface area (Å²) in [6, 6.07) is 15.4. The van der Waals surface area contributed by atoms with Gasteiger partial charge in [-0.05, 0) is 48.3 Å². The topological polar surface area (TPSA) is 34.1 Å². The third-order valence-electron chi connectivity index (χ3n) is 4.33. The van der Waals surface area contributed by atoms with E-state index in [4.69, 9.17) is 0 Å². The zero-order valence-electron chi connectivity index (χ0n) is 13.2. The van der Waals surface area contributed by atoms with Crippen LogP contribution < -0.4 is 0 Å². The van der Waals surface area contributed by atoms with Crippen LogP contribution in [0.15, 0.2) is 72.8 Å². The molecule has 0 aromatic heterocycles. The lowest BCUT2D eigenvalue weighted by molar-refractivity contribution is -0.127. The fourth-order valence-electron chi connectivity index (χ4n) is 3.44. The van der Waals surface area contributed by atoms with Gasteiger partial charge in [-0.25, -0.2) is 0 Å². The van der Waals surface area contributed by atoms with Gasteiger partial charge in [-0.3, -0.25) is 9.59 Å². The molecule has 0 fully saturated rings. The molecule has 0 heterocycles. The van der Waals surface area contributed by atoms with E-state index in [1.54, 1.807) is 26.0 Å². The van der Waals surface area contributed by atoms with E-state index in [0.29, 0.717) is 0 Å². The van der Waals surface area contributed by atoms with Crippen LogP contribution in [0.5, 0.6) is 0 Å². The number of hydrogen-bond donors (Lipinski definition) is 0. The molecule has 3 rings (SSSR count). The van der Waals surface area contributed by atoms with E-state index in [-0.39, 0.29) is 11.6 Å². The molecule has 0 radical (unpaired) electrons. The van der Waals surface area contributed by atoms with Crippen molar-refractivity contribution in [3.63, 3.8) is 0 Å². The highest BCUT2D eigenvalue weighted by Crippen LogP contribution is 2.50. The van der Waals surface area contributed by atoms with Crippen molar-refractivity contribution in [2.45, 2.75) is 19.3 Å². The van der Waals surface area contributed by atoms with E-state index in [2.05, 4.69) is 0 Å². The fraction of sp³-hybridized carbons (Fsp3) is 0.143. The Hall–Kier alpha value is -2.74. The van der Waals surface area contributed by atoms with Crippen LogP contribution in [0.2, 0.25) is 0 Å². The van der Waals surface area contributed by atoms with Gasteiger partial charge in [0.1, 0.15) is 5.41 Å². The standard InChI is InChI=1S/C21H18O2/c1-3-9-19(22)21(20(23)10-4-2)17-13-7-5-11-15(17)16-12-6-8-14-18(16)21/h3-14H,1-2H3. The molecule has 0 amide bonds. The summed E-state index contributed by atoms with van der Waals surface area (Å²) >= 11 is 0. The number of benzene rings is 2. The molecule has 1 aliphatic rings. The van der Waals surface area contributed by atoms with Gasteiger partial charge in [-0.1, -0.05) is 60.7 Å². The van der Waals surface area contributed by atoms with E-state index < -0.39 is 5.41 Å². The highest BCUT2D eigenvalue weighted by atomic mass is 16.2. The molecular formula is C21H18O2. The number of carbonyl (C=O) groups excluding carboxylic acids is 2. The van der Waals surface area contributed by atoms with Gasteiger partial charge in [-0.2, -0.15) is 0 Å². The van der Waals surface area contributed by atoms with Crippen LogP contribution in [-0.4, -0.2) is 11.6 Å². The first-order valence-corrected chi connectivity index (χ1v) is 7.71. The van der Waals surface area contributed by atoms with Crippen LogP contribution in [0.1, 0.15) is 25.0 Å². The second-order valence-electron chi connectivity index (χ2n) is 5.57. The second-order valence-corrected chi connectivity index (χ2v) is 5.57. The average molecular weight is 302 g/mol. The Labute approximate surface area is 136 Å². The zero-order valence-corrected chi connectivity index (χ0v) is 13.2. The number of hydrogen-bond acceptors (Lipinski definition) is 2. The minimum atomic E-state index is -1.27. The van der Waals surface area contributed by atoms with Gasteiger partial charge in [0.25, 0.3) is 0 Å². The summed E-state index contributed by atoms with van der Waals surface area (Å²) < 4.78 is 0. The predicted octanol–water partition coefficient (Wildman–Crippen LogP) is 4.24. The van der Waals surface area contributed by atoms with E-state index in [9.17, 15) is 9.59 Å². The maximum atomic E-state index is 13.1. The Balaban J connectivity index is 2.44. The summed E-state index contributed by atoms with van der Waals surface area (Å²) in [6.07, 6.45) is 6.38. The van der Waals surface area contributed by atoms with Crippen molar-refractivity contribution in [1.82, 2.24) is 0 Å². The van der Waals surface area contributed by atoms with Crippen LogP contribution in [-0.2, 0) is 15.0 Å². The highest BCUT2D eigenvalue weighted by Gasteiger charge is 2.52. The Morgan fingerprint density at radius 1 is 0.739 bits per heavy atom. The predicted molar refractivity (Wildman–Crippen MR) is 92.3 cm³/mol. The summed E-state index contributed by atoms with van der Waals surface area (Å²) in [7, 11) is 0. The molecule has 0 saturated heterocycles. The third kappa shape index (κ3) is 2.02. The molecule has 0 bridgehead atoms. The van der Waals surface area contributed by atoms with Gasteiger partial charge in [0, 0.05) is 0 Å². The van der Waals surface area contributed by atoms with E-state index in [0.717, 1.165) is 22.3 Å². The van der Waals surface area contributed by atoms with Crippen molar-refractivity contribution < 1.29 is 9.59 Å². The summed E-state index contributed by atoms with van der Waals surface area (Å²) in [6.45, 7) is 3.58. The van der Waals surface area contributed by atoms with Gasteiger partial charge >= 0.3 is 0 Å². The molecule has 2 aromatic carbocycles. The lowest BCUT2D eigenvalue weighted by atomic mass is 9.71. The summed E-state index contributed by atoms with van der Waals surface area (Å²) in [5, 5.41) is 0. The van der Waals surface area contributed by atoms with Crippen molar-refractivity contribution in [3.05, 3.63) is 84.0 Å². The van der Waals surface area contributed by atoms with E-state index in [1.807, 2.05) is 48.5 Å². The summed E-state index contributed by atoms with van der Waals surface area (Å²) in [5.41, 5.74) is 2.18. The minimum Gasteiger partial charge on any atom is -0.293 e. The molecule has 23 heavy (non-hydrogen) atoms. The molecule has 0 unspecified atom stereocenters. The van der Waals surface area contributed by atoms with E-state index >= 15 is 0 Å². The SMILES string of the molecule is CC=CC(=O)C1(C(=O)C=CC)c2ccccc2-c2ccccc21.